The highest BCUT2D eigenvalue weighted by Gasteiger charge is 2.13. The quantitative estimate of drug-likeness (QED) is 0.782. The first-order valence-corrected chi connectivity index (χ1v) is 7.10. The van der Waals surface area contributed by atoms with E-state index in [1.807, 2.05) is 67.5 Å². The van der Waals surface area contributed by atoms with Gasteiger partial charge in [0.2, 0.25) is 0 Å². The minimum Gasteiger partial charge on any atom is -0.384 e. The molecule has 0 spiro atoms. The standard InChI is InChI=1S/C19H19NO/c1-20(2)16-12-10-15(11-13-16)19(21)18-9-5-7-14-6-3-4-8-17(14)18/h3-13,19,21H,1-2H3. The molecule has 3 aromatic rings. The second-order valence-corrected chi connectivity index (χ2v) is 5.46. The van der Waals surface area contributed by atoms with Crippen LogP contribution in [-0.2, 0) is 0 Å². The van der Waals surface area contributed by atoms with Crippen LogP contribution in [0.1, 0.15) is 17.2 Å². The van der Waals surface area contributed by atoms with Gasteiger partial charge >= 0.3 is 0 Å². The number of anilines is 1. The van der Waals surface area contributed by atoms with Gasteiger partial charge in [-0.1, -0.05) is 54.6 Å². The third-order valence-electron chi connectivity index (χ3n) is 3.84. The molecule has 2 heteroatoms. The number of aliphatic hydroxyl groups is 1. The van der Waals surface area contributed by atoms with Gasteiger partial charge in [-0.25, -0.2) is 0 Å². The molecule has 106 valence electrons. The third-order valence-corrected chi connectivity index (χ3v) is 3.84. The summed E-state index contributed by atoms with van der Waals surface area (Å²) in [6.45, 7) is 0. The average Bonchev–Trinajstić information content (AvgIpc) is 2.53. The minimum atomic E-state index is -0.604. The third kappa shape index (κ3) is 2.63. The fourth-order valence-corrected chi connectivity index (χ4v) is 2.62. The molecule has 0 fully saturated rings. The van der Waals surface area contributed by atoms with E-state index in [2.05, 4.69) is 18.2 Å². The van der Waals surface area contributed by atoms with Gasteiger partial charge < -0.3 is 10.0 Å². The SMILES string of the molecule is CN(C)c1ccc(C(O)c2cccc3ccccc23)cc1. The van der Waals surface area contributed by atoms with Crippen molar-refractivity contribution in [2.24, 2.45) is 0 Å². The van der Waals surface area contributed by atoms with Crippen LogP contribution >= 0.6 is 0 Å². The molecule has 0 saturated carbocycles. The summed E-state index contributed by atoms with van der Waals surface area (Å²) in [7, 11) is 4.02. The number of benzene rings is 3. The summed E-state index contributed by atoms with van der Waals surface area (Å²) >= 11 is 0. The van der Waals surface area contributed by atoms with Crippen LogP contribution in [0.5, 0.6) is 0 Å². The van der Waals surface area contributed by atoms with Crippen molar-refractivity contribution >= 4 is 16.5 Å². The Hall–Kier alpha value is -2.32. The number of aliphatic hydroxyl groups excluding tert-OH is 1. The molecule has 3 aromatic carbocycles. The predicted molar refractivity (Wildman–Crippen MR) is 88.8 cm³/mol. The molecule has 1 atom stereocenters. The normalized spacial score (nSPS) is 12.3. The summed E-state index contributed by atoms with van der Waals surface area (Å²) in [5.41, 5.74) is 2.99. The van der Waals surface area contributed by atoms with E-state index in [4.69, 9.17) is 0 Å². The van der Waals surface area contributed by atoms with Crippen LogP contribution in [0.2, 0.25) is 0 Å². The highest BCUT2D eigenvalue weighted by molar-refractivity contribution is 5.86. The number of fused-ring (bicyclic) bond motifs is 1. The average molecular weight is 277 g/mol. The van der Waals surface area contributed by atoms with Crippen LogP contribution in [0.4, 0.5) is 5.69 Å². The maximum absolute atomic E-state index is 10.7. The molecule has 0 aliphatic rings. The van der Waals surface area contributed by atoms with Crippen molar-refractivity contribution in [3.05, 3.63) is 77.9 Å². The minimum absolute atomic E-state index is 0.604. The molecule has 0 saturated heterocycles. The molecule has 0 bridgehead atoms. The molecule has 2 nitrogen and oxygen atoms in total. The summed E-state index contributed by atoms with van der Waals surface area (Å²) < 4.78 is 0. The zero-order chi connectivity index (χ0) is 14.8. The topological polar surface area (TPSA) is 23.5 Å². The first-order valence-electron chi connectivity index (χ1n) is 7.10. The molecule has 0 aliphatic carbocycles. The Labute approximate surface area is 125 Å². The molecular weight excluding hydrogens is 258 g/mol. The largest absolute Gasteiger partial charge is 0.384 e. The lowest BCUT2D eigenvalue weighted by Gasteiger charge is -2.17. The summed E-state index contributed by atoms with van der Waals surface area (Å²) in [5.74, 6) is 0. The van der Waals surface area contributed by atoms with E-state index in [9.17, 15) is 5.11 Å². The first kappa shape index (κ1) is 13.7. The Bertz CT molecular complexity index is 742. The van der Waals surface area contributed by atoms with Crippen molar-refractivity contribution in [1.82, 2.24) is 0 Å². The Balaban J connectivity index is 2.02. The lowest BCUT2D eigenvalue weighted by Crippen LogP contribution is -2.08. The van der Waals surface area contributed by atoms with Crippen LogP contribution in [-0.4, -0.2) is 19.2 Å². The van der Waals surface area contributed by atoms with E-state index < -0.39 is 6.10 Å². The van der Waals surface area contributed by atoms with E-state index in [0.717, 1.165) is 27.6 Å². The van der Waals surface area contributed by atoms with Gasteiger partial charge in [-0.3, -0.25) is 0 Å². The van der Waals surface area contributed by atoms with Crippen LogP contribution < -0.4 is 4.90 Å². The van der Waals surface area contributed by atoms with Gasteiger partial charge in [0.25, 0.3) is 0 Å². The summed E-state index contributed by atoms with van der Waals surface area (Å²) in [4.78, 5) is 2.05. The van der Waals surface area contributed by atoms with Crippen molar-refractivity contribution in [2.75, 3.05) is 19.0 Å². The lowest BCUT2D eigenvalue weighted by atomic mass is 9.96. The van der Waals surface area contributed by atoms with Gasteiger partial charge in [-0.15, -0.1) is 0 Å². The predicted octanol–water partition coefficient (Wildman–Crippen LogP) is 3.99. The Morgan fingerprint density at radius 3 is 2.19 bits per heavy atom. The molecule has 0 aliphatic heterocycles. The maximum Gasteiger partial charge on any atom is 0.105 e. The van der Waals surface area contributed by atoms with Crippen LogP contribution in [0.15, 0.2) is 66.7 Å². The van der Waals surface area contributed by atoms with E-state index in [0.29, 0.717) is 0 Å². The molecule has 21 heavy (non-hydrogen) atoms. The molecule has 0 radical (unpaired) electrons. The fraction of sp³-hybridized carbons (Fsp3) is 0.158. The monoisotopic (exact) mass is 277 g/mol. The highest BCUT2D eigenvalue weighted by atomic mass is 16.3. The van der Waals surface area contributed by atoms with E-state index in [1.165, 1.54) is 0 Å². The van der Waals surface area contributed by atoms with E-state index in [-0.39, 0.29) is 0 Å². The van der Waals surface area contributed by atoms with Gasteiger partial charge in [-0.2, -0.15) is 0 Å². The fourth-order valence-electron chi connectivity index (χ4n) is 2.62. The van der Waals surface area contributed by atoms with Crippen molar-refractivity contribution in [3.63, 3.8) is 0 Å². The van der Waals surface area contributed by atoms with Crippen LogP contribution in [0.25, 0.3) is 10.8 Å². The van der Waals surface area contributed by atoms with E-state index >= 15 is 0 Å². The van der Waals surface area contributed by atoms with Crippen molar-refractivity contribution in [2.45, 2.75) is 6.10 Å². The zero-order valence-corrected chi connectivity index (χ0v) is 12.3. The lowest BCUT2D eigenvalue weighted by molar-refractivity contribution is 0.222. The van der Waals surface area contributed by atoms with Crippen LogP contribution in [0.3, 0.4) is 0 Å². The molecule has 3 rings (SSSR count). The van der Waals surface area contributed by atoms with Crippen molar-refractivity contribution < 1.29 is 5.11 Å². The molecular formula is C19H19NO. The highest BCUT2D eigenvalue weighted by Crippen LogP contribution is 2.29. The van der Waals surface area contributed by atoms with Gasteiger partial charge in [0, 0.05) is 19.8 Å². The Morgan fingerprint density at radius 1 is 0.810 bits per heavy atom. The molecule has 1 N–H and O–H groups in total. The van der Waals surface area contributed by atoms with Gasteiger partial charge in [0.05, 0.1) is 0 Å². The summed E-state index contributed by atoms with van der Waals surface area (Å²) in [6.07, 6.45) is -0.604. The maximum atomic E-state index is 10.7. The van der Waals surface area contributed by atoms with Gasteiger partial charge in [0.15, 0.2) is 0 Å². The van der Waals surface area contributed by atoms with Gasteiger partial charge in [0.1, 0.15) is 6.10 Å². The smallest absolute Gasteiger partial charge is 0.105 e. The first-order chi connectivity index (χ1) is 10.2. The Kier molecular flexibility index (Phi) is 3.63. The molecule has 0 aromatic heterocycles. The number of rotatable bonds is 3. The second-order valence-electron chi connectivity index (χ2n) is 5.46. The second kappa shape index (κ2) is 5.58. The molecule has 1 unspecified atom stereocenters. The molecule has 0 amide bonds. The zero-order valence-electron chi connectivity index (χ0n) is 12.3. The summed E-state index contributed by atoms with van der Waals surface area (Å²) in [5, 5.41) is 13.0. The van der Waals surface area contributed by atoms with Crippen molar-refractivity contribution in [1.29, 1.82) is 0 Å². The Morgan fingerprint density at radius 2 is 1.48 bits per heavy atom. The number of nitrogens with zero attached hydrogens (tertiary/aromatic N) is 1. The summed E-state index contributed by atoms with van der Waals surface area (Å²) in [6, 6.07) is 22.3. The number of hydrogen-bond donors (Lipinski definition) is 1. The van der Waals surface area contributed by atoms with Crippen LogP contribution in [0, 0.1) is 0 Å². The van der Waals surface area contributed by atoms with Gasteiger partial charge in [-0.05, 0) is 34.0 Å². The van der Waals surface area contributed by atoms with Crippen molar-refractivity contribution in [3.8, 4) is 0 Å². The molecule has 0 heterocycles. The number of hydrogen-bond acceptors (Lipinski definition) is 2. The van der Waals surface area contributed by atoms with E-state index in [1.54, 1.807) is 0 Å².